The topological polar surface area (TPSA) is 67.8 Å². The predicted molar refractivity (Wildman–Crippen MR) is 91.8 cm³/mol. The van der Waals surface area contributed by atoms with Crippen molar-refractivity contribution < 1.29 is 4.79 Å². The van der Waals surface area contributed by atoms with Gasteiger partial charge in [0.05, 0.1) is 11.4 Å². The summed E-state index contributed by atoms with van der Waals surface area (Å²) in [5.74, 6) is 0.0557. The molecular weight excluding hydrogens is 262 g/mol. The lowest BCUT2D eigenvalue weighted by atomic mass is 9.97. The minimum atomic E-state index is 0.0557. The molecule has 0 fully saturated rings. The fourth-order valence-electron chi connectivity index (χ4n) is 2.01. The molecule has 0 bridgehead atoms. The first-order valence-corrected chi connectivity index (χ1v) is 7.15. The zero-order valence-electron chi connectivity index (χ0n) is 14.1. The van der Waals surface area contributed by atoms with Crippen molar-refractivity contribution in [2.75, 3.05) is 7.05 Å². The molecule has 0 radical (unpaired) electrons. The van der Waals surface area contributed by atoms with Crippen LogP contribution in [0.5, 0.6) is 0 Å². The number of nitrogens with two attached hydrogens (primary N) is 1. The number of hydrogen-bond acceptors (Lipinski definition) is 4. The fourth-order valence-corrected chi connectivity index (χ4v) is 2.01. The van der Waals surface area contributed by atoms with Crippen LogP contribution in [-0.4, -0.2) is 25.3 Å². The van der Waals surface area contributed by atoms with Crippen molar-refractivity contribution in [3.8, 4) is 0 Å². The summed E-state index contributed by atoms with van der Waals surface area (Å²) in [5.41, 5.74) is 10.5. The second-order valence-corrected chi connectivity index (χ2v) is 4.86. The van der Waals surface area contributed by atoms with E-state index < -0.39 is 0 Å². The maximum absolute atomic E-state index is 12.2. The lowest BCUT2D eigenvalue weighted by Gasteiger charge is -2.11. The van der Waals surface area contributed by atoms with Crippen LogP contribution in [0.1, 0.15) is 47.5 Å². The van der Waals surface area contributed by atoms with Crippen LogP contribution in [0, 0.1) is 0 Å². The van der Waals surface area contributed by atoms with Gasteiger partial charge in [0, 0.05) is 24.7 Å². The summed E-state index contributed by atoms with van der Waals surface area (Å²) >= 11 is 0. The summed E-state index contributed by atoms with van der Waals surface area (Å²) in [6.45, 7) is 13.0. The highest BCUT2D eigenvalue weighted by Crippen LogP contribution is 2.18. The van der Waals surface area contributed by atoms with E-state index >= 15 is 0 Å². The highest BCUT2D eigenvalue weighted by atomic mass is 16.1. The number of ketones is 1. The first-order valence-electron chi connectivity index (χ1n) is 7.15. The van der Waals surface area contributed by atoms with Crippen LogP contribution in [0.3, 0.4) is 0 Å². The summed E-state index contributed by atoms with van der Waals surface area (Å²) in [7, 11) is 1.72. The van der Waals surface area contributed by atoms with Gasteiger partial charge in [-0.15, -0.1) is 0 Å². The van der Waals surface area contributed by atoms with E-state index in [4.69, 9.17) is 5.73 Å². The van der Waals surface area contributed by atoms with Crippen LogP contribution in [-0.2, 0) is 4.79 Å². The molecule has 0 aliphatic heterocycles. The van der Waals surface area contributed by atoms with Crippen molar-refractivity contribution in [2.24, 2.45) is 15.7 Å². The second kappa shape index (κ2) is 9.06. The Labute approximate surface area is 128 Å². The van der Waals surface area contributed by atoms with Crippen molar-refractivity contribution in [3.05, 3.63) is 34.2 Å². The predicted octanol–water partition coefficient (Wildman–Crippen LogP) is 3.60. The molecular formula is C17H27N3O. The molecule has 0 unspecified atom stereocenters. The minimum Gasteiger partial charge on any atom is -0.402 e. The highest BCUT2D eigenvalue weighted by molar-refractivity contribution is 6.13. The monoisotopic (exact) mass is 289 g/mol. The van der Waals surface area contributed by atoms with Gasteiger partial charge in [-0.05, 0) is 51.1 Å². The van der Waals surface area contributed by atoms with Gasteiger partial charge in [-0.1, -0.05) is 13.8 Å². The Morgan fingerprint density at radius 2 is 1.76 bits per heavy atom. The summed E-state index contributed by atoms with van der Waals surface area (Å²) in [6, 6.07) is 0. The molecule has 0 aliphatic rings. The standard InChI is InChI=1S/C17H27N3O/c1-8-15(19-6)14(16(21)9-2)10-11(3)17(20-7)12(4)13(5)18/h10H,6,8-9,18H2,1-5,7H3/b11-10+,13-12+,15-14+,20-17-. The second-order valence-electron chi connectivity index (χ2n) is 4.86. The van der Waals surface area contributed by atoms with Gasteiger partial charge in [-0.3, -0.25) is 14.8 Å². The number of rotatable bonds is 7. The number of nitrogens with zero attached hydrogens (tertiary/aromatic N) is 2. The van der Waals surface area contributed by atoms with E-state index in [9.17, 15) is 4.79 Å². The van der Waals surface area contributed by atoms with E-state index in [0.717, 1.165) is 16.9 Å². The molecule has 0 rings (SSSR count). The molecule has 0 heterocycles. The summed E-state index contributed by atoms with van der Waals surface area (Å²) in [6.07, 6.45) is 2.94. The van der Waals surface area contributed by atoms with E-state index in [1.54, 1.807) is 7.05 Å². The number of Topliss-reactive ketones (excluding diaryl/α,β-unsaturated/α-hetero) is 1. The molecule has 116 valence electrons. The number of aliphatic imine (C=N–C) groups is 2. The van der Waals surface area contributed by atoms with Crippen LogP contribution in [0.4, 0.5) is 0 Å². The zero-order valence-corrected chi connectivity index (χ0v) is 14.1. The van der Waals surface area contributed by atoms with E-state index in [0.29, 0.717) is 29.8 Å². The molecule has 21 heavy (non-hydrogen) atoms. The molecule has 0 saturated heterocycles. The van der Waals surface area contributed by atoms with Crippen molar-refractivity contribution in [3.63, 3.8) is 0 Å². The molecule has 0 saturated carbocycles. The molecule has 4 heteroatoms. The maximum Gasteiger partial charge on any atom is 0.164 e. The molecule has 0 spiro atoms. The molecule has 4 nitrogen and oxygen atoms in total. The van der Waals surface area contributed by atoms with Gasteiger partial charge < -0.3 is 5.73 Å². The largest absolute Gasteiger partial charge is 0.402 e. The van der Waals surface area contributed by atoms with Gasteiger partial charge in [0.15, 0.2) is 5.78 Å². The van der Waals surface area contributed by atoms with Crippen molar-refractivity contribution in [1.82, 2.24) is 0 Å². The van der Waals surface area contributed by atoms with E-state index in [1.807, 2.05) is 40.7 Å². The number of hydrogen-bond donors (Lipinski definition) is 1. The minimum absolute atomic E-state index is 0.0557. The van der Waals surface area contributed by atoms with Gasteiger partial charge in [0.1, 0.15) is 0 Å². The number of carbonyl (C=O) groups excluding carboxylic acids is 1. The molecule has 0 aromatic carbocycles. The Morgan fingerprint density at radius 3 is 2.10 bits per heavy atom. The molecule has 0 aliphatic carbocycles. The molecule has 0 aromatic rings. The number of carbonyl (C=O) groups is 1. The Morgan fingerprint density at radius 1 is 1.19 bits per heavy atom. The van der Waals surface area contributed by atoms with Gasteiger partial charge in [-0.25, -0.2) is 0 Å². The van der Waals surface area contributed by atoms with Crippen molar-refractivity contribution in [2.45, 2.75) is 47.5 Å². The van der Waals surface area contributed by atoms with E-state index in [1.165, 1.54) is 0 Å². The smallest absolute Gasteiger partial charge is 0.164 e. The Balaban J connectivity index is 6.02. The zero-order chi connectivity index (χ0) is 16.6. The summed E-state index contributed by atoms with van der Waals surface area (Å²) < 4.78 is 0. The number of allylic oxidation sites excluding steroid dienone is 6. The van der Waals surface area contributed by atoms with Crippen LogP contribution in [0.2, 0.25) is 0 Å². The lowest BCUT2D eigenvalue weighted by molar-refractivity contribution is -0.115. The normalized spacial score (nSPS) is 15.3. The average Bonchev–Trinajstić information content (AvgIpc) is 2.46. The lowest BCUT2D eigenvalue weighted by Crippen LogP contribution is -2.10. The first kappa shape index (κ1) is 19.0. The molecule has 2 N–H and O–H groups in total. The maximum atomic E-state index is 12.2. The van der Waals surface area contributed by atoms with E-state index in [-0.39, 0.29) is 5.78 Å². The molecule has 0 aromatic heterocycles. The van der Waals surface area contributed by atoms with E-state index in [2.05, 4.69) is 16.7 Å². The van der Waals surface area contributed by atoms with Crippen LogP contribution in [0.25, 0.3) is 0 Å². The van der Waals surface area contributed by atoms with Gasteiger partial charge in [-0.2, -0.15) is 0 Å². The Hall–Kier alpha value is -1.97. The Bertz CT molecular complexity index is 530. The van der Waals surface area contributed by atoms with Gasteiger partial charge in [0.25, 0.3) is 0 Å². The highest BCUT2D eigenvalue weighted by Gasteiger charge is 2.13. The van der Waals surface area contributed by atoms with Crippen molar-refractivity contribution >= 4 is 18.2 Å². The van der Waals surface area contributed by atoms with Crippen LogP contribution in [0.15, 0.2) is 44.2 Å². The third-order valence-corrected chi connectivity index (χ3v) is 3.36. The third kappa shape index (κ3) is 5.14. The quantitative estimate of drug-likeness (QED) is 0.442. The van der Waals surface area contributed by atoms with Gasteiger partial charge >= 0.3 is 0 Å². The summed E-state index contributed by atoms with van der Waals surface area (Å²) in [5, 5.41) is 0. The third-order valence-electron chi connectivity index (χ3n) is 3.36. The van der Waals surface area contributed by atoms with Crippen LogP contribution >= 0.6 is 0 Å². The molecule has 0 atom stereocenters. The summed E-state index contributed by atoms with van der Waals surface area (Å²) in [4.78, 5) is 20.4. The van der Waals surface area contributed by atoms with Crippen molar-refractivity contribution in [1.29, 1.82) is 0 Å². The SMILES string of the molecule is C=N\C(CC)=C(/C=C(C)/C(=N/C)C(/C)=C(\C)N)C(=O)CC. The fraction of sp³-hybridized carbons (Fsp3) is 0.471. The molecule has 0 amide bonds. The van der Waals surface area contributed by atoms with Crippen LogP contribution < -0.4 is 5.73 Å². The first-order chi connectivity index (χ1) is 9.83. The Kier molecular flexibility index (Phi) is 8.21. The average molecular weight is 289 g/mol. The van der Waals surface area contributed by atoms with Gasteiger partial charge in [0.2, 0.25) is 0 Å².